The molecule has 3 heteroatoms. The molecule has 0 spiro atoms. The topological polar surface area (TPSA) is 37.8 Å². The third kappa shape index (κ3) is 2.36. The zero-order valence-electron chi connectivity index (χ0n) is 12.5. The fourth-order valence-corrected chi connectivity index (χ4v) is 3.30. The Morgan fingerprint density at radius 2 is 2.10 bits per heavy atom. The van der Waals surface area contributed by atoms with Crippen LogP contribution in [-0.2, 0) is 13.0 Å². The van der Waals surface area contributed by atoms with Crippen molar-refractivity contribution >= 4 is 0 Å². The third-order valence-corrected chi connectivity index (χ3v) is 4.73. The van der Waals surface area contributed by atoms with Crippen molar-refractivity contribution < 1.29 is 0 Å². The molecule has 0 amide bonds. The molecule has 0 saturated heterocycles. The maximum absolute atomic E-state index is 4.97. The summed E-state index contributed by atoms with van der Waals surface area (Å²) in [6, 6.07) is 8.53. The van der Waals surface area contributed by atoms with Crippen LogP contribution in [0.15, 0.2) is 24.3 Å². The molecule has 1 fully saturated rings. The molecule has 21 heavy (non-hydrogen) atoms. The Bertz CT molecular complexity index is 674. The van der Waals surface area contributed by atoms with Gasteiger partial charge in [0.1, 0.15) is 0 Å². The Labute approximate surface area is 125 Å². The second kappa shape index (κ2) is 5.23. The van der Waals surface area contributed by atoms with Crippen LogP contribution >= 0.6 is 0 Å². The average molecular weight is 279 g/mol. The first-order valence-electron chi connectivity index (χ1n) is 7.99. The van der Waals surface area contributed by atoms with Crippen molar-refractivity contribution in [1.29, 1.82) is 0 Å². The van der Waals surface area contributed by atoms with E-state index >= 15 is 0 Å². The molecule has 1 aliphatic heterocycles. The molecule has 0 bridgehead atoms. The quantitative estimate of drug-likeness (QED) is 0.916. The Morgan fingerprint density at radius 1 is 1.19 bits per heavy atom. The number of nitrogens with zero attached hydrogens (tertiary/aromatic N) is 2. The second-order valence-electron chi connectivity index (χ2n) is 6.28. The van der Waals surface area contributed by atoms with Crippen LogP contribution in [0.1, 0.15) is 47.7 Å². The molecule has 1 aliphatic carbocycles. The first-order chi connectivity index (χ1) is 10.3. The van der Waals surface area contributed by atoms with E-state index < -0.39 is 0 Å². The minimum absolute atomic E-state index is 0.658. The van der Waals surface area contributed by atoms with Crippen molar-refractivity contribution in [3.8, 4) is 11.4 Å². The van der Waals surface area contributed by atoms with Gasteiger partial charge in [-0.1, -0.05) is 30.2 Å². The van der Waals surface area contributed by atoms with Crippen LogP contribution < -0.4 is 5.32 Å². The molecule has 2 aliphatic rings. The van der Waals surface area contributed by atoms with Gasteiger partial charge in [0, 0.05) is 36.6 Å². The predicted octanol–water partition coefficient (Wildman–Crippen LogP) is 3.37. The summed E-state index contributed by atoms with van der Waals surface area (Å²) in [6.07, 6.45) is 4.94. The summed E-state index contributed by atoms with van der Waals surface area (Å²) in [6.45, 7) is 4.09. The van der Waals surface area contributed by atoms with Crippen molar-refractivity contribution in [3.63, 3.8) is 0 Å². The minimum atomic E-state index is 0.658. The Kier molecular flexibility index (Phi) is 3.23. The van der Waals surface area contributed by atoms with Gasteiger partial charge in [-0.3, -0.25) is 0 Å². The molecule has 1 N–H and O–H groups in total. The maximum atomic E-state index is 4.97. The second-order valence-corrected chi connectivity index (χ2v) is 6.28. The van der Waals surface area contributed by atoms with Crippen molar-refractivity contribution in [3.05, 3.63) is 46.8 Å². The minimum Gasteiger partial charge on any atom is -0.312 e. The Hall–Kier alpha value is -1.74. The van der Waals surface area contributed by atoms with Crippen molar-refractivity contribution in [2.45, 2.75) is 45.1 Å². The van der Waals surface area contributed by atoms with E-state index in [9.17, 15) is 0 Å². The van der Waals surface area contributed by atoms with Crippen LogP contribution in [0.5, 0.6) is 0 Å². The maximum Gasteiger partial charge on any atom is 0.159 e. The number of aryl methyl sites for hydroxylation is 1. The predicted molar refractivity (Wildman–Crippen MR) is 84.2 cm³/mol. The number of aromatic nitrogens is 2. The number of rotatable bonds is 2. The van der Waals surface area contributed by atoms with Gasteiger partial charge in [0.15, 0.2) is 5.82 Å². The van der Waals surface area contributed by atoms with Crippen LogP contribution in [-0.4, -0.2) is 16.5 Å². The fraction of sp³-hybridized carbons (Fsp3) is 0.444. The van der Waals surface area contributed by atoms with Gasteiger partial charge in [0.2, 0.25) is 0 Å². The molecule has 2 heterocycles. The van der Waals surface area contributed by atoms with E-state index in [4.69, 9.17) is 9.97 Å². The van der Waals surface area contributed by atoms with Crippen LogP contribution in [0.2, 0.25) is 0 Å². The summed E-state index contributed by atoms with van der Waals surface area (Å²) < 4.78 is 0. The number of fused-ring (bicyclic) bond motifs is 1. The average Bonchev–Trinajstić information content (AvgIpc) is 2.45. The molecular formula is C18H21N3. The van der Waals surface area contributed by atoms with Crippen molar-refractivity contribution in [2.75, 3.05) is 6.54 Å². The van der Waals surface area contributed by atoms with Gasteiger partial charge in [0.05, 0.1) is 11.4 Å². The van der Waals surface area contributed by atoms with Crippen LogP contribution in [0, 0.1) is 6.92 Å². The monoisotopic (exact) mass is 279 g/mol. The van der Waals surface area contributed by atoms with E-state index in [1.807, 2.05) is 0 Å². The molecular weight excluding hydrogens is 258 g/mol. The van der Waals surface area contributed by atoms with Crippen LogP contribution in [0.4, 0.5) is 0 Å². The summed E-state index contributed by atoms with van der Waals surface area (Å²) in [7, 11) is 0. The smallest absolute Gasteiger partial charge is 0.159 e. The summed E-state index contributed by atoms with van der Waals surface area (Å²) in [5.41, 5.74) is 6.37. The Morgan fingerprint density at radius 3 is 2.86 bits per heavy atom. The molecule has 4 rings (SSSR count). The van der Waals surface area contributed by atoms with Gasteiger partial charge in [0.25, 0.3) is 0 Å². The summed E-state index contributed by atoms with van der Waals surface area (Å²) in [5, 5.41) is 3.47. The molecule has 0 atom stereocenters. The molecule has 3 nitrogen and oxygen atoms in total. The lowest BCUT2D eigenvalue weighted by atomic mass is 9.80. The molecule has 0 unspecified atom stereocenters. The summed E-state index contributed by atoms with van der Waals surface area (Å²) in [5.74, 6) is 1.58. The lowest BCUT2D eigenvalue weighted by Gasteiger charge is -2.29. The van der Waals surface area contributed by atoms with Gasteiger partial charge >= 0.3 is 0 Å². The molecule has 1 aromatic heterocycles. The lowest BCUT2D eigenvalue weighted by molar-refractivity contribution is 0.404. The van der Waals surface area contributed by atoms with E-state index in [0.717, 1.165) is 30.9 Å². The lowest BCUT2D eigenvalue weighted by Crippen LogP contribution is -2.28. The van der Waals surface area contributed by atoms with E-state index in [0.29, 0.717) is 5.92 Å². The normalized spacial score (nSPS) is 18.1. The van der Waals surface area contributed by atoms with E-state index in [1.165, 1.54) is 41.8 Å². The number of hydrogen-bond donors (Lipinski definition) is 1. The van der Waals surface area contributed by atoms with Crippen LogP contribution in [0.3, 0.4) is 0 Å². The standard InChI is InChI=1S/C18H21N3/c1-12-4-2-7-14(10-12)18-20-16-8-9-19-11-15(16)17(21-18)13-5-3-6-13/h2,4,7,10,13,19H,3,5-6,8-9,11H2,1H3. The zero-order valence-corrected chi connectivity index (χ0v) is 12.5. The number of nitrogens with one attached hydrogen (secondary N) is 1. The van der Waals surface area contributed by atoms with Gasteiger partial charge in [-0.05, 0) is 25.8 Å². The third-order valence-electron chi connectivity index (χ3n) is 4.73. The van der Waals surface area contributed by atoms with Gasteiger partial charge in [-0.25, -0.2) is 9.97 Å². The van der Waals surface area contributed by atoms with Crippen molar-refractivity contribution in [1.82, 2.24) is 15.3 Å². The fourth-order valence-electron chi connectivity index (χ4n) is 3.30. The van der Waals surface area contributed by atoms with Gasteiger partial charge in [-0.15, -0.1) is 0 Å². The highest BCUT2D eigenvalue weighted by atomic mass is 15.0. The highest BCUT2D eigenvalue weighted by Crippen LogP contribution is 2.38. The van der Waals surface area contributed by atoms with Crippen molar-refractivity contribution in [2.24, 2.45) is 0 Å². The van der Waals surface area contributed by atoms with E-state index in [2.05, 4.69) is 36.5 Å². The molecule has 2 aromatic rings. The molecule has 108 valence electrons. The largest absolute Gasteiger partial charge is 0.312 e. The Balaban J connectivity index is 1.84. The van der Waals surface area contributed by atoms with E-state index in [1.54, 1.807) is 0 Å². The molecule has 1 aromatic carbocycles. The van der Waals surface area contributed by atoms with Crippen LogP contribution in [0.25, 0.3) is 11.4 Å². The molecule has 0 radical (unpaired) electrons. The summed E-state index contributed by atoms with van der Waals surface area (Å²) >= 11 is 0. The molecule has 1 saturated carbocycles. The van der Waals surface area contributed by atoms with Gasteiger partial charge < -0.3 is 5.32 Å². The first-order valence-corrected chi connectivity index (χ1v) is 7.99. The highest BCUT2D eigenvalue weighted by molar-refractivity contribution is 5.57. The first kappa shape index (κ1) is 13.0. The van der Waals surface area contributed by atoms with E-state index in [-0.39, 0.29) is 0 Å². The number of benzene rings is 1. The van der Waals surface area contributed by atoms with Gasteiger partial charge in [-0.2, -0.15) is 0 Å². The zero-order chi connectivity index (χ0) is 14.2. The SMILES string of the molecule is Cc1cccc(-c2nc3c(c(C4CCC4)n2)CNCC3)c1. The number of hydrogen-bond acceptors (Lipinski definition) is 3. The highest BCUT2D eigenvalue weighted by Gasteiger charge is 2.27. The summed E-state index contributed by atoms with van der Waals surface area (Å²) in [4.78, 5) is 9.84.